The number of rotatable bonds is 17. The Hall–Kier alpha value is -2.74. The highest BCUT2D eigenvalue weighted by Crippen LogP contribution is 2.37. The Kier molecular flexibility index (Phi) is 12.8. The zero-order chi connectivity index (χ0) is 27.2. The summed E-state index contributed by atoms with van der Waals surface area (Å²) in [5, 5.41) is 0. The van der Waals surface area contributed by atoms with Gasteiger partial charge in [-0.2, -0.15) is 0 Å². The first kappa shape index (κ1) is 29.8. The number of anilines is 4. The SMILES string of the molecule is CCCCC(CCCC)c1ccc(N(c2ccc(C)cc2)c2ccc(N(CCCC)CCCC)cc2)cc1. The van der Waals surface area contributed by atoms with Crippen molar-refractivity contribution in [2.75, 3.05) is 22.9 Å². The van der Waals surface area contributed by atoms with E-state index in [1.54, 1.807) is 0 Å². The summed E-state index contributed by atoms with van der Waals surface area (Å²) in [5.74, 6) is 0.674. The first-order valence-electron chi connectivity index (χ1n) is 15.4. The fourth-order valence-electron chi connectivity index (χ4n) is 5.30. The van der Waals surface area contributed by atoms with Gasteiger partial charge in [-0.3, -0.25) is 0 Å². The minimum absolute atomic E-state index is 0.674. The first-order valence-corrected chi connectivity index (χ1v) is 15.4. The summed E-state index contributed by atoms with van der Waals surface area (Å²) in [6.45, 7) is 13.6. The maximum absolute atomic E-state index is 2.56. The summed E-state index contributed by atoms with van der Waals surface area (Å²) in [5.41, 5.74) is 7.77. The summed E-state index contributed by atoms with van der Waals surface area (Å²) >= 11 is 0. The summed E-state index contributed by atoms with van der Waals surface area (Å²) < 4.78 is 0. The molecule has 0 aromatic heterocycles. The number of hydrogen-bond acceptors (Lipinski definition) is 2. The van der Waals surface area contributed by atoms with Crippen molar-refractivity contribution in [1.29, 1.82) is 0 Å². The van der Waals surface area contributed by atoms with Crippen molar-refractivity contribution in [2.45, 2.75) is 105 Å². The normalized spacial score (nSPS) is 11.2. The third-order valence-corrected chi connectivity index (χ3v) is 7.76. The lowest BCUT2D eigenvalue weighted by Gasteiger charge is -2.28. The molecule has 0 amide bonds. The van der Waals surface area contributed by atoms with Crippen LogP contribution in [0.2, 0.25) is 0 Å². The number of benzene rings is 3. The fourth-order valence-corrected chi connectivity index (χ4v) is 5.30. The van der Waals surface area contributed by atoms with Crippen LogP contribution in [0.15, 0.2) is 72.8 Å². The molecule has 0 bridgehead atoms. The summed E-state index contributed by atoms with van der Waals surface area (Å²) in [7, 11) is 0. The molecule has 0 atom stereocenters. The fraction of sp³-hybridized carbons (Fsp3) is 0.500. The zero-order valence-electron chi connectivity index (χ0n) is 24.9. The Balaban J connectivity index is 1.92. The smallest absolute Gasteiger partial charge is 0.0463 e. The Morgan fingerprint density at radius 3 is 1.34 bits per heavy atom. The summed E-state index contributed by atoms with van der Waals surface area (Å²) in [4.78, 5) is 4.97. The van der Waals surface area contributed by atoms with E-state index in [0.29, 0.717) is 5.92 Å². The van der Waals surface area contributed by atoms with E-state index >= 15 is 0 Å². The lowest BCUT2D eigenvalue weighted by molar-refractivity contribution is 0.525. The second-order valence-corrected chi connectivity index (χ2v) is 11.0. The van der Waals surface area contributed by atoms with E-state index in [1.807, 2.05) is 0 Å². The molecule has 2 heteroatoms. The standard InChI is InChI=1S/C36H52N2/c1-6-10-14-31(15-11-7-2)32-18-22-35(23-19-32)38(34-20-16-30(5)17-21-34)36-26-24-33(25-27-36)37(28-12-8-3)29-13-9-4/h16-27,31H,6-15,28-29H2,1-5H3. The van der Waals surface area contributed by atoms with E-state index in [0.717, 1.165) is 13.1 Å². The Labute approximate surface area is 234 Å². The van der Waals surface area contributed by atoms with Gasteiger partial charge in [0.1, 0.15) is 0 Å². The summed E-state index contributed by atoms with van der Waals surface area (Å²) in [6, 6.07) is 27.6. The van der Waals surface area contributed by atoms with Crippen molar-refractivity contribution in [3.63, 3.8) is 0 Å². The van der Waals surface area contributed by atoms with Crippen LogP contribution in [0.25, 0.3) is 0 Å². The minimum atomic E-state index is 0.674. The van der Waals surface area contributed by atoms with Gasteiger partial charge in [-0.05, 0) is 92.6 Å². The van der Waals surface area contributed by atoms with Gasteiger partial charge in [0.15, 0.2) is 0 Å². The van der Waals surface area contributed by atoms with Crippen LogP contribution in [0.1, 0.15) is 109 Å². The average Bonchev–Trinajstić information content (AvgIpc) is 2.95. The van der Waals surface area contributed by atoms with Crippen molar-refractivity contribution < 1.29 is 0 Å². The van der Waals surface area contributed by atoms with Gasteiger partial charge in [-0.1, -0.05) is 96.0 Å². The maximum Gasteiger partial charge on any atom is 0.0463 e. The molecule has 3 aromatic rings. The Morgan fingerprint density at radius 2 is 0.895 bits per heavy atom. The predicted molar refractivity (Wildman–Crippen MR) is 170 cm³/mol. The molecule has 0 aliphatic carbocycles. The second-order valence-electron chi connectivity index (χ2n) is 11.0. The average molecular weight is 513 g/mol. The molecular weight excluding hydrogens is 460 g/mol. The minimum Gasteiger partial charge on any atom is -0.372 e. The molecule has 0 aliphatic rings. The number of hydrogen-bond donors (Lipinski definition) is 0. The second kappa shape index (κ2) is 16.3. The predicted octanol–water partition coefficient (Wildman–Crippen LogP) is 11.3. The highest BCUT2D eigenvalue weighted by molar-refractivity contribution is 5.77. The van der Waals surface area contributed by atoms with Gasteiger partial charge in [0.25, 0.3) is 0 Å². The van der Waals surface area contributed by atoms with Gasteiger partial charge < -0.3 is 9.80 Å². The molecule has 3 rings (SSSR count). The maximum atomic E-state index is 2.56. The molecule has 0 radical (unpaired) electrons. The van der Waals surface area contributed by atoms with E-state index in [2.05, 4.69) is 117 Å². The van der Waals surface area contributed by atoms with Crippen LogP contribution in [0, 0.1) is 6.92 Å². The van der Waals surface area contributed by atoms with E-state index < -0.39 is 0 Å². The van der Waals surface area contributed by atoms with E-state index in [9.17, 15) is 0 Å². The molecule has 38 heavy (non-hydrogen) atoms. The van der Waals surface area contributed by atoms with Gasteiger partial charge in [-0.25, -0.2) is 0 Å². The third-order valence-electron chi connectivity index (χ3n) is 7.76. The number of unbranched alkanes of at least 4 members (excludes halogenated alkanes) is 4. The van der Waals surface area contributed by atoms with Crippen LogP contribution < -0.4 is 9.80 Å². The molecule has 2 nitrogen and oxygen atoms in total. The lowest BCUT2D eigenvalue weighted by atomic mass is 9.89. The molecule has 0 N–H and O–H groups in total. The monoisotopic (exact) mass is 512 g/mol. The van der Waals surface area contributed by atoms with Gasteiger partial charge in [0.05, 0.1) is 0 Å². The molecule has 0 saturated heterocycles. The molecule has 3 aromatic carbocycles. The Bertz CT molecular complexity index is 941. The van der Waals surface area contributed by atoms with Crippen LogP contribution in [0.3, 0.4) is 0 Å². The van der Waals surface area contributed by atoms with E-state index in [4.69, 9.17) is 0 Å². The van der Waals surface area contributed by atoms with Crippen LogP contribution in [-0.2, 0) is 0 Å². The van der Waals surface area contributed by atoms with E-state index in [-0.39, 0.29) is 0 Å². The zero-order valence-corrected chi connectivity index (χ0v) is 24.9. The van der Waals surface area contributed by atoms with Crippen molar-refractivity contribution in [1.82, 2.24) is 0 Å². The highest BCUT2D eigenvalue weighted by atomic mass is 15.1. The van der Waals surface area contributed by atoms with Crippen molar-refractivity contribution in [2.24, 2.45) is 0 Å². The lowest BCUT2D eigenvalue weighted by Crippen LogP contribution is -2.25. The van der Waals surface area contributed by atoms with Crippen LogP contribution >= 0.6 is 0 Å². The molecule has 0 unspecified atom stereocenters. The summed E-state index contributed by atoms with van der Waals surface area (Å²) in [6.07, 6.45) is 12.7. The van der Waals surface area contributed by atoms with Crippen molar-refractivity contribution in [3.05, 3.63) is 83.9 Å². The van der Waals surface area contributed by atoms with Gasteiger partial charge >= 0.3 is 0 Å². The van der Waals surface area contributed by atoms with Crippen molar-refractivity contribution >= 4 is 22.7 Å². The van der Waals surface area contributed by atoms with Crippen LogP contribution in [0.5, 0.6) is 0 Å². The molecule has 0 heterocycles. The molecule has 0 saturated carbocycles. The third kappa shape index (κ3) is 8.65. The largest absolute Gasteiger partial charge is 0.372 e. The number of nitrogens with zero attached hydrogens (tertiary/aromatic N) is 2. The van der Waals surface area contributed by atoms with Gasteiger partial charge in [0, 0.05) is 35.8 Å². The quantitative estimate of drug-likeness (QED) is 0.177. The highest BCUT2D eigenvalue weighted by Gasteiger charge is 2.16. The van der Waals surface area contributed by atoms with Crippen molar-refractivity contribution in [3.8, 4) is 0 Å². The topological polar surface area (TPSA) is 6.48 Å². The van der Waals surface area contributed by atoms with Gasteiger partial charge in [0.2, 0.25) is 0 Å². The van der Waals surface area contributed by atoms with E-state index in [1.165, 1.54) is 98.1 Å². The van der Waals surface area contributed by atoms with Crippen LogP contribution in [-0.4, -0.2) is 13.1 Å². The first-order chi connectivity index (χ1) is 18.6. The van der Waals surface area contributed by atoms with Crippen LogP contribution in [0.4, 0.5) is 22.7 Å². The molecule has 0 fully saturated rings. The molecule has 0 aliphatic heterocycles. The molecule has 0 spiro atoms. The molecular formula is C36H52N2. The Morgan fingerprint density at radius 1 is 0.500 bits per heavy atom. The number of aryl methyl sites for hydroxylation is 1. The van der Waals surface area contributed by atoms with Gasteiger partial charge in [-0.15, -0.1) is 0 Å². The molecule has 206 valence electrons.